The molecule has 104 valence electrons. The number of benzene rings is 2. The van der Waals surface area contributed by atoms with Crippen molar-refractivity contribution in [3.8, 4) is 11.3 Å². The lowest BCUT2D eigenvalue weighted by Crippen LogP contribution is -1.90. The van der Waals surface area contributed by atoms with Gasteiger partial charge in [-0.1, -0.05) is 36.4 Å². The van der Waals surface area contributed by atoms with Gasteiger partial charge in [-0.15, -0.1) is 0 Å². The lowest BCUT2D eigenvalue weighted by Gasteiger charge is -2.05. The molecule has 1 aromatic heterocycles. The average molecular weight is 292 g/mol. The molecule has 3 rings (SSSR count). The molecular formula is C18H16N2S. The van der Waals surface area contributed by atoms with Crippen LogP contribution in [0.4, 0.5) is 0 Å². The number of aryl methyl sites for hydroxylation is 2. The van der Waals surface area contributed by atoms with Gasteiger partial charge >= 0.3 is 0 Å². The highest BCUT2D eigenvalue weighted by Gasteiger charge is 2.05. The number of nitrogens with zero attached hydrogens (tertiary/aromatic N) is 2. The van der Waals surface area contributed by atoms with Crippen molar-refractivity contribution < 1.29 is 0 Å². The Labute approximate surface area is 129 Å². The van der Waals surface area contributed by atoms with Crippen molar-refractivity contribution in [1.29, 1.82) is 0 Å². The predicted molar refractivity (Wildman–Crippen MR) is 87.5 cm³/mol. The molecule has 0 fully saturated rings. The van der Waals surface area contributed by atoms with Gasteiger partial charge in [0.05, 0.1) is 5.69 Å². The molecule has 3 heteroatoms. The smallest absolute Gasteiger partial charge is 0.192 e. The Bertz CT molecular complexity index is 734. The Morgan fingerprint density at radius 1 is 0.857 bits per heavy atom. The Balaban J connectivity index is 1.90. The maximum absolute atomic E-state index is 4.65. The summed E-state index contributed by atoms with van der Waals surface area (Å²) < 4.78 is 0. The summed E-state index contributed by atoms with van der Waals surface area (Å²) in [7, 11) is 0. The van der Waals surface area contributed by atoms with Crippen LogP contribution in [-0.4, -0.2) is 9.97 Å². The lowest BCUT2D eigenvalue weighted by molar-refractivity contribution is 0.972. The molecule has 1 heterocycles. The van der Waals surface area contributed by atoms with Crippen LogP contribution in [0.3, 0.4) is 0 Å². The fourth-order valence-corrected chi connectivity index (χ4v) is 3.21. The zero-order chi connectivity index (χ0) is 14.7. The Morgan fingerprint density at radius 3 is 2.29 bits per heavy atom. The minimum Gasteiger partial charge on any atom is -0.231 e. The SMILES string of the molecule is Cc1cc(C)cc(Sc2nccc(-c3ccccc3)n2)c1. The van der Waals surface area contributed by atoms with Crippen LogP contribution in [0.5, 0.6) is 0 Å². The second kappa shape index (κ2) is 6.10. The van der Waals surface area contributed by atoms with Crippen molar-refractivity contribution in [3.63, 3.8) is 0 Å². The van der Waals surface area contributed by atoms with Gasteiger partial charge in [0, 0.05) is 16.7 Å². The van der Waals surface area contributed by atoms with Crippen LogP contribution in [0.25, 0.3) is 11.3 Å². The Kier molecular flexibility index (Phi) is 4.02. The fraction of sp³-hybridized carbons (Fsp3) is 0.111. The van der Waals surface area contributed by atoms with Crippen LogP contribution in [0.1, 0.15) is 11.1 Å². The van der Waals surface area contributed by atoms with E-state index in [0.29, 0.717) is 0 Å². The Morgan fingerprint density at radius 2 is 1.57 bits per heavy atom. The monoisotopic (exact) mass is 292 g/mol. The summed E-state index contributed by atoms with van der Waals surface area (Å²) in [6, 6.07) is 18.6. The Hall–Kier alpha value is -2.13. The summed E-state index contributed by atoms with van der Waals surface area (Å²) in [5, 5.41) is 0.779. The first-order chi connectivity index (χ1) is 10.2. The highest BCUT2D eigenvalue weighted by atomic mass is 32.2. The lowest BCUT2D eigenvalue weighted by atomic mass is 10.1. The van der Waals surface area contributed by atoms with Gasteiger partial charge in [-0.25, -0.2) is 9.97 Å². The van der Waals surface area contributed by atoms with E-state index in [9.17, 15) is 0 Å². The van der Waals surface area contributed by atoms with Crippen molar-refractivity contribution in [2.75, 3.05) is 0 Å². The van der Waals surface area contributed by atoms with Gasteiger partial charge in [0.25, 0.3) is 0 Å². The van der Waals surface area contributed by atoms with Crippen molar-refractivity contribution in [2.24, 2.45) is 0 Å². The topological polar surface area (TPSA) is 25.8 Å². The van der Waals surface area contributed by atoms with Gasteiger partial charge in [0.15, 0.2) is 5.16 Å². The first kappa shape index (κ1) is 13.8. The van der Waals surface area contributed by atoms with Crippen LogP contribution in [0.15, 0.2) is 70.8 Å². The molecule has 0 N–H and O–H groups in total. The molecule has 0 aliphatic rings. The van der Waals surface area contributed by atoms with E-state index in [1.165, 1.54) is 16.0 Å². The summed E-state index contributed by atoms with van der Waals surface area (Å²) in [6.07, 6.45) is 1.82. The van der Waals surface area contributed by atoms with Crippen LogP contribution in [-0.2, 0) is 0 Å². The fourth-order valence-electron chi connectivity index (χ4n) is 2.26. The largest absolute Gasteiger partial charge is 0.231 e. The normalized spacial score (nSPS) is 10.6. The van der Waals surface area contributed by atoms with Crippen molar-refractivity contribution >= 4 is 11.8 Å². The average Bonchev–Trinajstić information content (AvgIpc) is 2.47. The van der Waals surface area contributed by atoms with E-state index in [1.807, 2.05) is 30.5 Å². The molecule has 0 saturated carbocycles. The van der Waals surface area contributed by atoms with Crippen molar-refractivity contribution in [2.45, 2.75) is 23.9 Å². The minimum atomic E-state index is 0.779. The number of aromatic nitrogens is 2. The van der Waals surface area contributed by atoms with Gasteiger partial charge < -0.3 is 0 Å². The van der Waals surface area contributed by atoms with E-state index in [2.05, 4.69) is 54.1 Å². The van der Waals surface area contributed by atoms with Crippen molar-refractivity contribution in [1.82, 2.24) is 9.97 Å². The molecule has 0 aliphatic heterocycles. The summed E-state index contributed by atoms with van der Waals surface area (Å²) in [5.41, 5.74) is 4.59. The molecule has 0 aliphatic carbocycles. The summed E-state index contributed by atoms with van der Waals surface area (Å²) in [6.45, 7) is 4.22. The summed E-state index contributed by atoms with van der Waals surface area (Å²) in [4.78, 5) is 10.2. The molecule has 0 spiro atoms. The number of hydrogen-bond donors (Lipinski definition) is 0. The van der Waals surface area contributed by atoms with Crippen LogP contribution < -0.4 is 0 Å². The van der Waals surface area contributed by atoms with E-state index >= 15 is 0 Å². The standard InChI is InChI=1S/C18H16N2S/c1-13-10-14(2)12-16(11-13)21-18-19-9-8-17(20-18)15-6-4-3-5-7-15/h3-12H,1-2H3. The second-order valence-corrected chi connectivity index (χ2v) is 6.06. The molecule has 2 aromatic carbocycles. The molecular weight excluding hydrogens is 276 g/mol. The summed E-state index contributed by atoms with van der Waals surface area (Å²) in [5.74, 6) is 0. The van der Waals surface area contributed by atoms with E-state index < -0.39 is 0 Å². The predicted octanol–water partition coefficient (Wildman–Crippen LogP) is 4.91. The zero-order valence-electron chi connectivity index (χ0n) is 12.1. The molecule has 0 amide bonds. The van der Waals surface area contributed by atoms with Gasteiger partial charge in [-0.2, -0.15) is 0 Å². The molecule has 0 bridgehead atoms. The molecule has 21 heavy (non-hydrogen) atoms. The van der Waals surface area contributed by atoms with Gasteiger partial charge in [-0.3, -0.25) is 0 Å². The van der Waals surface area contributed by atoms with E-state index in [1.54, 1.807) is 11.8 Å². The van der Waals surface area contributed by atoms with Crippen LogP contribution >= 0.6 is 11.8 Å². The maximum Gasteiger partial charge on any atom is 0.192 e. The second-order valence-electron chi connectivity index (χ2n) is 5.02. The zero-order valence-corrected chi connectivity index (χ0v) is 12.9. The maximum atomic E-state index is 4.65. The third-order valence-electron chi connectivity index (χ3n) is 3.11. The van der Waals surface area contributed by atoms with Gasteiger partial charge in [-0.05, 0) is 54.9 Å². The van der Waals surface area contributed by atoms with Crippen LogP contribution in [0.2, 0.25) is 0 Å². The molecule has 0 saturated heterocycles. The third-order valence-corrected chi connectivity index (χ3v) is 3.96. The van der Waals surface area contributed by atoms with Crippen molar-refractivity contribution in [3.05, 3.63) is 71.9 Å². The minimum absolute atomic E-state index is 0.779. The van der Waals surface area contributed by atoms with E-state index in [-0.39, 0.29) is 0 Å². The molecule has 3 aromatic rings. The highest BCUT2D eigenvalue weighted by Crippen LogP contribution is 2.28. The first-order valence-electron chi connectivity index (χ1n) is 6.85. The van der Waals surface area contributed by atoms with Gasteiger partial charge in [0.2, 0.25) is 0 Å². The molecule has 0 unspecified atom stereocenters. The summed E-state index contributed by atoms with van der Waals surface area (Å²) >= 11 is 1.60. The van der Waals surface area contributed by atoms with E-state index in [0.717, 1.165) is 16.4 Å². The number of rotatable bonds is 3. The number of hydrogen-bond acceptors (Lipinski definition) is 3. The van der Waals surface area contributed by atoms with E-state index in [4.69, 9.17) is 0 Å². The molecule has 2 nitrogen and oxygen atoms in total. The first-order valence-corrected chi connectivity index (χ1v) is 7.67. The quantitative estimate of drug-likeness (QED) is 0.641. The molecule has 0 radical (unpaired) electrons. The third kappa shape index (κ3) is 3.50. The molecule has 0 atom stereocenters. The highest BCUT2D eigenvalue weighted by molar-refractivity contribution is 7.99. The van der Waals surface area contributed by atoms with Crippen LogP contribution in [0, 0.1) is 13.8 Å². The van der Waals surface area contributed by atoms with Gasteiger partial charge in [0.1, 0.15) is 0 Å².